The first-order valence-electron chi connectivity index (χ1n) is 5.76. The second kappa shape index (κ2) is 3.80. The fourth-order valence-corrected chi connectivity index (χ4v) is 2.64. The van der Waals surface area contributed by atoms with Gasteiger partial charge in [0.05, 0.1) is 0 Å². The number of rotatable bonds is 2. The Bertz CT molecular complexity index is 197. The molecule has 0 spiro atoms. The van der Waals surface area contributed by atoms with E-state index in [1.165, 1.54) is 25.9 Å². The number of nitrogens with zero attached hydrogens (tertiary/aromatic N) is 1. The molecule has 2 fully saturated rings. The normalized spacial score (nSPS) is 37.9. The maximum atomic E-state index is 3.76. The molecule has 2 aliphatic heterocycles. The Labute approximate surface area is 87.2 Å². The smallest absolute Gasteiger partial charge is 0.0215 e. The van der Waals surface area contributed by atoms with Gasteiger partial charge in [0.25, 0.3) is 0 Å². The van der Waals surface area contributed by atoms with Crippen molar-refractivity contribution < 1.29 is 0 Å². The summed E-state index contributed by atoms with van der Waals surface area (Å²) in [6, 6.07) is 1.40. The van der Waals surface area contributed by atoms with Crippen molar-refractivity contribution in [3.8, 4) is 0 Å². The van der Waals surface area contributed by atoms with Gasteiger partial charge in [-0.3, -0.25) is 4.90 Å². The summed E-state index contributed by atoms with van der Waals surface area (Å²) < 4.78 is 0. The summed E-state index contributed by atoms with van der Waals surface area (Å²) >= 11 is 0. The number of nitrogens with one attached hydrogen (secondary N) is 2. The third-order valence-electron chi connectivity index (χ3n) is 3.81. The van der Waals surface area contributed by atoms with Gasteiger partial charge in [-0.2, -0.15) is 0 Å². The van der Waals surface area contributed by atoms with Crippen LogP contribution in [0.15, 0.2) is 0 Å². The molecule has 2 unspecified atom stereocenters. The van der Waals surface area contributed by atoms with Crippen LogP contribution in [0.25, 0.3) is 0 Å². The SMILES string of the molecule is CN1CC(NC2CCNC2)CC1(C)C. The molecule has 2 N–H and O–H groups in total. The predicted octanol–water partition coefficient (Wildman–Crippen LogP) is 0.421. The van der Waals surface area contributed by atoms with E-state index in [-0.39, 0.29) is 0 Å². The van der Waals surface area contributed by atoms with E-state index in [2.05, 4.69) is 36.4 Å². The van der Waals surface area contributed by atoms with Gasteiger partial charge in [0.1, 0.15) is 0 Å². The minimum Gasteiger partial charge on any atom is -0.315 e. The van der Waals surface area contributed by atoms with E-state index >= 15 is 0 Å². The molecule has 0 amide bonds. The lowest BCUT2D eigenvalue weighted by Crippen LogP contribution is -2.40. The van der Waals surface area contributed by atoms with Crippen molar-refractivity contribution in [3.05, 3.63) is 0 Å². The zero-order valence-corrected chi connectivity index (χ0v) is 9.64. The van der Waals surface area contributed by atoms with Crippen LogP contribution in [0.2, 0.25) is 0 Å². The first-order chi connectivity index (χ1) is 6.58. The molecule has 0 radical (unpaired) electrons. The highest BCUT2D eigenvalue weighted by Crippen LogP contribution is 2.27. The van der Waals surface area contributed by atoms with Crippen LogP contribution in [0.3, 0.4) is 0 Å². The van der Waals surface area contributed by atoms with Gasteiger partial charge in [-0.25, -0.2) is 0 Å². The highest BCUT2D eigenvalue weighted by Gasteiger charge is 2.36. The van der Waals surface area contributed by atoms with Gasteiger partial charge < -0.3 is 10.6 Å². The van der Waals surface area contributed by atoms with Crippen molar-refractivity contribution >= 4 is 0 Å². The molecule has 0 aromatic heterocycles. The Morgan fingerprint density at radius 2 is 2.14 bits per heavy atom. The maximum Gasteiger partial charge on any atom is 0.0215 e. The van der Waals surface area contributed by atoms with Crippen molar-refractivity contribution in [1.82, 2.24) is 15.5 Å². The van der Waals surface area contributed by atoms with Crippen molar-refractivity contribution in [3.63, 3.8) is 0 Å². The predicted molar refractivity (Wildman–Crippen MR) is 59.5 cm³/mol. The van der Waals surface area contributed by atoms with E-state index in [0.29, 0.717) is 17.6 Å². The Morgan fingerprint density at radius 3 is 2.64 bits per heavy atom. The second-order valence-corrected chi connectivity index (χ2v) is 5.45. The Balaban J connectivity index is 1.83. The van der Waals surface area contributed by atoms with Gasteiger partial charge in [0, 0.05) is 30.7 Å². The Hall–Kier alpha value is -0.120. The molecule has 14 heavy (non-hydrogen) atoms. The highest BCUT2D eigenvalue weighted by molar-refractivity contribution is 4.96. The van der Waals surface area contributed by atoms with Crippen molar-refractivity contribution in [2.75, 3.05) is 26.7 Å². The molecular weight excluding hydrogens is 174 g/mol. The Morgan fingerprint density at radius 1 is 1.36 bits per heavy atom. The number of hydrogen-bond acceptors (Lipinski definition) is 3. The first kappa shape index (κ1) is 10.4. The van der Waals surface area contributed by atoms with Crippen molar-refractivity contribution in [1.29, 1.82) is 0 Å². The summed E-state index contributed by atoms with van der Waals surface area (Å²) in [4.78, 5) is 2.47. The molecule has 2 saturated heterocycles. The number of likely N-dealkylation sites (tertiary alicyclic amines) is 1. The molecule has 0 saturated carbocycles. The van der Waals surface area contributed by atoms with Crippen LogP contribution >= 0.6 is 0 Å². The third kappa shape index (κ3) is 2.10. The molecule has 3 nitrogen and oxygen atoms in total. The number of hydrogen-bond donors (Lipinski definition) is 2. The lowest BCUT2D eigenvalue weighted by Gasteiger charge is -2.26. The molecule has 82 valence electrons. The Kier molecular flexibility index (Phi) is 2.82. The summed E-state index contributed by atoms with van der Waals surface area (Å²) in [5.41, 5.74) is 0.379. The van der Waals surface area contributed by atoms with Crippen LogP contribution < -0.4 is 10.6 Å². The average molecular weight is 197 g/mol. The summed E-state index contributed by atoms with van der Waals surface area (Å²) in [5, 5.41) is 7.16. The van der Waals surface area contributed by atoms with Crippen molar-refractivity contribution in [2.24, 2.45) is 0 Å². The third-order valence-corrected chi connectivity index (χ3v) is 3.81. The standard InChI is InChI=1S/C11H23N3/c1-11(2)6-10(8-14(11)3)13-9-4-5-12-7-9/h9-10,12-13H,4-8H2,1-3H3. The van der Waals surface area contributed by atoms with Crippen LogP contribution in [0.5, 0.6) is 0 Å². The minimum absolute atomic E-state index is 0.379. The average Bonchev–Trinajstić information content (AvgIpc) is 2.62. The zero-order valence-electron chi connectivity index (χ0n) is 9.64. The van der Waals surface area contributed by atoms with Crippen LogP contribution in [0.1, 0.15) is 26.7 Å². The highest BCUT2D eigenvalue weighted by atomic mass is 15.2. The van der Waals surface area contributed by atoms with Crippen LogP contribution in [0.4, 0.5) is 0 Å². The van der Waals surface area contributed by atoms with E-state index < -0.39 is 0 Å². The molecule has 2 heterocycles. The second-order valence-electron chi connectivity index (χ2n) is 5.45. The fourth-order valence-electron chi connectivity index (χ4n) is 2.64. The van der Waals surface area contributed by atoms with Crippen LogP contribution in [-0.2, 0) is 0 Å². The monoisotopic (exact) mass is 197 g/mol. The quantitative estimate of drug-likeness (QED) is 0.672. The van der Waals surface area contributed by atoms with E-state index in [9.17, 15) is 0 Å². The molecule has 2 atom stereocenters. The van der Waals surface area contributed by atoms with E-state index in [1.54, 1.807) is 0 Å². The molecule has 3 heteroatoms. The summed E-state index contributed by atoms with van der Waals surface area (Å²) in [5.74, 6) is 0. The van der Waals surface area contributed by atoms with Gasteiger partial charge in [0.15, 0.2) is 0 Å². The molecule has 0 aromatic carbocycles. The molecule has 2 aliphatic rings. The zero-order chi connectivity index (χ0) is 10.2. The molecule has 0 bridgehead atoms. The van der Waals surface area contributed by atoms with Gasteiger partial charge in [0.2, 0.25) is 0 Å². The van der Waals surface area contributed by atoms with Crippen LogP contribution in [-0.4, -0.2) is 49.2 Å². The van der Waals surface area contributed by atoms with Gasteiger partial charge in [-0.15, -0.1) is 0 Å². The maximum absolute atomic E-state index is 3.76. The van der Waals surface area contributed by atoms with Gasteiger partial charge in [-0.05, 0) is 40.3 Å². The molecular formula is C11H23N3. The van der Waals surface area contributed by atoms with E-state index in [0.717, 1.165) is 6.54 Å². The largest absolute Gasteiger partial charge is 0.315 e. The van der Waals surface area contributed by atoms with E-state index in [4.69, 9.17) is 0 Å². The summed E-state index contributed by atoms with van der Waals surface area (Å²) in [7, 11) is 2.23. The molecule has 0 aromatic rings. The minimum atomic E-state index is 0.379. The number of likely N-dealkylation sites (N-methyl/N-ethyl adjacent to an activating group) is 1. The first-order valence-corrected chi connectivity index (χ1v) is 5.76. The van der Waals surface area contributed by atoms with Gasteiger partial charge in [-0.1, -0.05) is 0 Å². The lowest BCUT2D eigenvalue weighted by atomic mass is 10.0. The van der Waals surface area contributed by atoms with Gasteiger partial charge >= 0.3 is 0 Å². The lowest BCUT2D eigenvalue weighted by molar-refractivity contribution is 0.218. The van der Waals surface area contributed by atoms with Crippen molar-refractivity contribution in [2.45, 2.75) is 44.3 Å². The summed E-state index contributed by atoms with van der Waals surface area (Å²) in [6.07, 6.45) is 2.57. The molecule has 2 rings (SSSR count). The fraction of sp³-hybridized carbons (Fsp3) is 1.00. The summed E-state index contributed by atoms with van der Waals surface area (Å²) in [6.45, 7) is 8.21. The van der Waals surface area contributed by atoms with Crippen LogP contribution in [0, 0.1) is 0 Å². The van der Waals surface area contributed by atoms with E-state index in [1.807, 2.05) is 0 Å². The molecule has 0 aliphatic carbocycles. The topological polar surface area (TPSA) is 27.3 Å².